The van der Waals surface area contributed by atoms with Crippen molar-refractivity contribution in [3.8, 4) is 0 Å². The van der Waals surface area contributed by atoms with Crippen molar-refractivity contribution in [2.45, 2.75) is 26.4 Å². The van der Waals surface area contributed by atoms with E-state index in [1.165, 1.54) is 25.1 Å². The third-order valence-electron chi connectivity index (χ3n) is 3.88. The topological polar surface area (TPSA) is 66.5 Å². The number of carbonyl (C=O) groups excluding carboxylic acids is 1. The van der Waals surface area contributed by atoms with Crippen molar-refractivity contribution in [2.24, 2.45) is 0 Å². The third-order valence-corrected chi connectivity index (χ3v) is 5.53. The first-order chi connectivity index (χ1) is 12.1. The Labute approximate surface area is 157 Å². The van der Waals surface area contributed by atoms with Crippen molar-refractivity contribution < 1.29 is 17.6 Å². The Morgan fingerprint density at radius 3 is 2.38 bits per heavy atom. The minimum atomic E-state index is -3.72. The Bertz CT molecular complexity index is 901. The number of sulfonamides is 1. The molecule has 1 N–H and O–H groups in total. The van der Waals surface area contributed by atoms with Gasteiger partial charge in [0.05, 0.1) is 11.9 Å². The quantitative estimate of drug-likeness (QED) is 0.812. The van der Waals surface area contributed by atoms with Crippen LogP contribution in [-0.2, 0) is 21.4 Å². The highest BCUT2D eigenvalue weighted by Gasteiger charge is 2.29. The number of carbonyl (C=O) groups is 1. The number of hydrogen-bond acceptors (Lipinski definition) is 3. The Hall–Kier alpha value is -2.12. The van der Waals surface area contributed by atoms with Crippen LogP contribution in [0.2, 0.25) is 5.02 Å². The van der Waals surface area contributed by atoms with Gasteiger partial charge in [-0.05, 0) is 49.2 Å². The number of aryl methyl sites for hydroxylation is 1. The molecule has 0 saturated carbocycles. The van der Waals surface area contributed by atoms with Gasteiger partial charge in [0.15, 0.2) is 0 Å². The van der Waals surface area contributed by atoms with Gasteiger partial charge in [-0.1, -0.05) is 29.8 Å². The second kappa shape index (κ2) is 8.05. The maximum Gasteiger partial charge on any atom is 0.243 e. The Morgan fingerprint density at radius 1 is 1.23 bits per heavy atom. The predicted molar refractivity (Wildman–Crippen MR) is 101 cm³/mol. The molecular formula is C18H20ClFN2O3S. The highest BCUT2D eigenvalue weighted by molar-refractivity contribution is 7.92. The van der Waals surface area contributed by atoms with E-state index in [0.717, 1.165) is 16.1 Å². The van der Waals surface area contributed by atoms with Gasteiger partial charge in [-0.15, -0.1) is 0 Å². The number of nitrogens with one attached hydrogen (secondary N) is 1. The first-order valence-electron chi connectivity index (χ1n) is 7.87. The Balaban J connectivity index is 2.20. The largest absolute Gasteiger partial charge is 0.350 e. The molecule has 8 heteroatoms. The number of nitrogens with zero attached hydrogens (tertiary/aromatic N) is 1. The number of rotatable bonds is 6. The molecule has 26 heavy (non-hydrogen) atoms. The summed E-state index contributed by atoms with van der Waals surface area (Å²) in [6.45, 7) is 3.46. The summed E-state index contributed by atoms with van der Waals surface area (Å²) in [6.07, 6.45) is 1.03. The lowest BCUT2D eigenvalue weighted by Gasteiger charge is -2.28. The number of halogens is 2. The van der Waals surface area contributed by atoms with E-state index in [4.69, 9.17) is 11.6 Å². The molecule has 2 rings (SSSR count). The number of benzene rings is 2. The minimum absolute atomic E-state index is 0.162. The van der Waals surface area contributed by atoms with Crippen LogP contribution in [0.5, 0.6) is 0 Å². The average molecular weight is 399 g/mol. The molecule has 0 radical (unpaired) electrons. The SMILES string of the molecule is Cc1ccc(N(C(C)C(=O)NCc2ccc(F)cc2)S(C)(=O)=O)cc1Cl. The van der Waals surface area contributed by atoms with E-state index in [2.05, 4.69) is 5.32 Å². The van der Waals surface area contributed by atoms with Crippen LogP contribution in [0.4, 0.5) is 10.1 Å². The maximum atomic E-state index is 12.9. The summed E-state index contributed by atoms with van der Waals surface area (Å²) < 4.78 is 38.4. The van der Waals surface area contributed by atoms with Crippen molar-refractivity contribution >= 4 is 33.2 Å². The van der Waals surface area contributed by atoms with E-state index >= 15 is 0 Å². The molecule has 0 aliphatic carbocycles. The first-order valence-corrected chi connectivity index (χ1v) is 10.1. The van der Waals surface area contributed by atoms with Gasteiger partial charge in [0, 0.05) is 11.6 Å². The highest BCUT2D eigenvalue weighted by Crippen LogP contribution is 2.26. The van der Waals surface area contributed by atoms with Gasteiger partial charge in [0.1, 0.15) is 11.9 Å². The molecular weight excluding hydrogens is 379 g/mol. The van der Waals surface area contributed by atoms with Crippen LogP contribution in [0.15, 0.2) is 42.5 Å². The van der Waals surface area contributed by atoms with E-state index in [9.17, 15) is 17.6 Å². The lowest BCUT2D eigenvalue weighted by atomic mass is 10.2. The lowest BCUT2D eigenvalue weighted by molar-refractivity contribution is -0.122. The van der Waals surface area contributed by atoms with E-state index in [0.29, 0.717) is 16.3 Å². The van der Waals surface area contributed by atoms with Crippen LogP contribution in [-0.4, -0.2) is 26.6 Å². The zero-order chi connectivity index (χ0) is 19.5. The van der Waals surface area contributed by atoms with Crippen LogP contribution in [0.25, 0.3) is 0 Å². The summed E-state index contributed by atoms with van der Waals surface area (Å²) in [7, 11) is -3.72. The summed E-state index contributed by atoms with van der Waals surface area (Å²) in [4.78, 5) is 12.5. The molecule has 0 saturated heterocycles. The minimum Gasteiger partial charge on any atom is -0.350 e. The molecule has 1 amide bonds. The average Bonchev–Trinajstić information content (AvgIpc) is 2.56. The molecule has 0 aliphatic heterocycles. The van der Waals surface area contributed by atoms with E-state index in [1.807, 2.05) is 0 Å². The second-order valence-electron chi connectivity index (χ2n) is 6.01. The normalized spacial score (nSPS) is 12.5. The first kappa shape index (κ1) is 20.2. The monoisotopic (exact) mass is 398 g/mol. The van der Waals surface area contributed by atoms with Gasteiger partial charge < -0.3 is 5.32 Å². The van der Waals surface area contributed by atoms with Gasteiger partial charge in [-0.25, -0.2) is 12.8 Å². The van der Waals surface area contributed by atoms with Crippen molar-refractivity contribution in [1.29, 1.82) is 0 Å². The van der Waals surface area contributed by atoms with Crippen LogP contribution >= 0.6 is 11.6 Å². The zero-order valence-corrected chi connectivity index (χ0v) is 16.2. The molecule has 0 heterocycles. The Morgan fingerprint density at radius 2 is 1.85 bits per heavy atom. The molecule has 1 atom stereocenters. The van der Waals surface area contributed by atoms with Crippen LogP contribution in [0.3, 0.4) is 0 Å². The van der Waals surface area contributed by atoms with Gasteiger partial charge in [-0.3, -0.25) is 9.10 Å². The van der Waals surface area contributed by atoms with Crippen molar-refractivity contribution in [3.63, 3.8) is 0 Å². The standard InChI is InChI=1S/C18H20ClFN2O3S/c1-12-4-9-16(10-17(12)19)22(26(3,24)25)13(2)18(23)21-11-14-5-7-15(20)8-6-14/h4-10,13H,11H2,1-3H3,(H,21,23). The maximum absolute atomic E-state index is 12.9. The predicted octanol–water partition coefficient (Wildman–Crippen LogP) is 3.26. The van der Waals surface area contributed by atoms with Crippen molar-refractivity contribution in [1.82, 2.24) is 5.32 Å². The molecule has 0 fully saturated rings. The van der Waals surface area contributed by atoms with Gasteiger partial charge in [-0.2, -0.15) is 0 Å². The van der Waals surface area contributed by atoms with Crippen molar-refractivity contribution in [2.75, 3.05) is 10.6 Å². The molecule has 0 bridgehead atoms. The summed E-state index contributed by atoms with van der Waals surface area (Å²) >= 11 is 6.09. The van der Waals surface area contributed by atoms with E-state index in [-0.39, 0.29) is 12.4 Å². The van der Waals surface area contributed by atoms with Gasteiger partial charge in [0.2, 0.25) is 15.9 Å². The highest BCUT2D eigenvalue weighted by atomic mass is 35.5. The summed E-state index contributed by atoms with van der Waals surface area (Å²) in [5.41, 5.74) is 1.82. The van der Waals surface area contributed by atoms with Crippen LogP contribution in [0, 0.1) is 12.7 Å². The fraction of sp³-hybridized carbons (Fsp3) is 0.278. The fourth-order valence-electron chi connectivity index (χ4n) is 2.47. The van der Waals surface area contributed by atoms with Crippen LogP contribution < -0.4 is 9.62 Å². The van der Waals surface area contributed by atoms with E-state index in [1.54, 1.807) is 31.2 Å². The molecule has 0 aromatic heterocycles. The third kappa shape index (κ3) is 4.95. The molecule has 2 aromatic rings. The number of amides is 1. The van der Waals surface area contributed by atoms with E-state index < -0.39 is 22.0 Å². The van der Waals surface area contributed by atoms with Crippen LogP contribution in [0.1, 0.15) is 18.1 Å². The molecule has 140 valence electrons. The molecule has 0 aliphatic rings. The Kier molecular flexibility index (Phi) is 6.26. The lowest BCUT2D eigenvalue weighted by Crippen LogP contribution is -2.47. The van der Waals surface area contributed by atoms with Gasteiger partial charge in [0.25, 0.3) is 0 Å². The van der Waals surface area contributed by atoms with Gasteiger partial charge >= 0.3 is 0 Å². The smallest absolute Gasteiger partial charge is 0.243 e. The zero-order valence-electron chi connectivity index (χ0n) is 14.7. The molecule has 0 spiro atoms. The second-order valence-corrected chi connectivity index (χ2v) is 8.28. The molecule has 2 aromatic carbocycles. The number of anilines is 1. The molecule has 5 nitrogen and oxygen atoms in total. The summed E-state index contributed by atoms with van der Waals surface area (Å²) in [5, 5.41) is 3.08. The summed E-state index contributed by atoms with van der Waals surface area (Å²) in [5.74, 6) is -0.843. The van der Waals surface area contributed by atoms with Crippen molar-refractivity contribution in [3.05, 3.63) is 64.4 Å². The fourth-order valence-corrected chi connectivity index (χ4v) is 3.81. The summed E-state index contributed by atoms with van der Waals surface area (Å²) in [6, 6.07) is 9.52. The molecule has 1 unspecified atom stereocenters. The number of hydrogen-bond donors (Lipinski definition) is 1.